The van der Waals surface area contributed by atoms with Crippen molar-refractivity contribution < 1.29 is 13.7 Å². The van der Waals surface area contributed by atoms with E-state index in [0.29, 0.717) is 30.5 Å². The van der Waals surface area contributed by atoms with Crippen molar-refractivity contribution in [3.05, 3.63) is 41.5 Å². The second-order valence-electron chi connectivity index (χ2n) is 7.52. The molecule has 9 nitrogen and oxygen atoms in total. The number of furan rings is 1. The van der Waals surface area contributed by atoms with Gasteiger partial charge in [-0.25, -0.2) is 9.97 Å². The molecule has 30 heavy (non-hydrogen) atoms. The van der Waals surface area contributed by atoms with E-state index in [0.717, 1.165) is 48.8 Å². The standard InChI is InChI=1S/C21H26N6O3/c1-4-18-25-21(30-26-18)17-12-22-14(3)24-19(17)27-9-7-15(8-10-27)20(28)23-11-16-6-5-13(2)29-16/h5-6,12,15H,4,7-11H2,1-3H3,(H,23,28). The van der Waals surface area contributed by atoms with E-state index in [1.165, 1.54) is 0 Å². The lowest BCUT2D eigenvalue weighted by Crippen LogP contribution is -2.41. The van der Waals surface area contributed by atoms with Crippen molar-refractivity contribution in [2.75, 3.05) is 18.0 Å². The zero-order chi connectivity index (χ0) is 21.1. The summed E-state index contributed by atoms with van der Waals surface area (Å²) in [6.07, 6.45) is 3.92. The first-order chi connectivity index (χ1) is 14.5. The van der Waals surface area contributed by atoms with Gasteiger partial charge in [-0.1, -0.05) is 12.1 Å². The maximum atomic E-state index is 12.6. The fourth-order valence-electron chi connectivity index (χ4n) is 3.61. The molecule has 0 aliphatic carbocycles. The second-order valence-corrected chi connectivity index (χ2v) is 7.52. The van der Waals surface area contributed by atoms with E-state index < -0.39 is 0 Å². The van der Waals surface area contributed by atoms with E-state index in [-0.39, 0.29) is 11.8 Å². The van der Waals surface area contributed by atoms with Crippen LogP contribution in [0.3, 0.4) is 0 Å². The van der Waals surface area contributed by atoms with Crippen LogP contribution >= 0.6 is 0 Å². The molecule has 1 aliphatic rings. The van der Waals surface area contributed by atoms with Crippen molar-refractivity contribution >= 4 is 11.7 Å². The van der Waals surface area contributed by atoms with Crippen LogP contribution in [0.25, 0.3) is 11.5 Å². The van der Waals surface area contributed by atoms with Gasteiger partial charge in [-0.2, -0.15) is 4.98 Å². The van der Waals surface area contributed by atoms with Crippen LogP contribution in [0, 0.1) is 19.8 Å². The first-order valence-corrected chi connectivity index (χ1v) is 10.3. The van der Waals surface area contributed by atoms with Gasteiger partial charge in [0.2, 0.25) is 5.91 Å². The molecule has 0 aromatic carbocycles. The number of hydrogen-bond acceptors (Lipinski definition) is 8. The van der Waals surface area contributed by atoms with Gasteiger partial charge >= 0.3 is 0 Å². The highest BCUT2D eigenvalue weighted by molar-refractivity contribution is 5.79. The normalized spacial score (nSPS) is 14.8. The van der Waals surface area contributed by atoms with E-state index >= 15 is 0 Å². The van der Waals surface area contributed by atoms with Crippen LogP contribution in [0.1, 0.15) is 42.9 Å². The number of piperidine rings is 1. The molecular weight excluding hydrogens is 384 g/mol. The molecular formula is C21H26N6O3. The molecule has 1 fully saturated rings. The molecule has 0 unspecified atom stereocenters. The number of amides is 1. The first kappa shape index (κ1) is 20.1. The van der Waals surface area contributed by atoms with Gasteiger partial charge in [0.05, 0.1) is 6.54 Å². The Hall–Kier alpha value is -3.23. The van der Waals surface area contributed by atoms with Crippen LogP contribution < -0.4 is 10.2 Å². The quantitative estimate of drug-likeness (QED) is 0.660. The average molecular weight is 410 g/mol. The van der Waals surface area contributed by atoms with Crippen molar-refractivity contribution in [1.29, 1.82) is 0 Å². The van der Waals surface area contributed by atoms with Crippen molar-refractivity contribution in [2.24, 2.45) is 5.92 Å². The van der Waals surface area contributed by atoms with E-state index in [2.05, 4.69) is 30.3 Å². The monoisotopic (exact) mass is 410 g/mol. The van der Waals surface area contributed by atoms with Crippen molar-refractivity contribution in [2.45, 2.75) is 46.6 Å². The largest absolute Gasteiger partial charge is 0.465 e. The smallest absolute Gasteiger partial charge is 0.263 e. The Bertz CT molecular complexity index is 1020. The van der Waals surface area contributed by atoms with Crippen LogP contribution in [-0.2, 0) is 17.8 Å². The van der Waals surface area contributed by atoms with Gasteiger partial charge in [-0.3, -0.25) is 4.79 Å². The van der Waals surface area contributed by atoms with Crippen LogP contribution in [0.2, 0.25) is 0 Å². The maximum absolute atomic E-state index is 12.6. The predicted octanol–water partition coefficient (Wildman–Crippen LogP) is 2.83. The summed E-state index contributed by atoms with van der Waals surface area (Å²) in [4.78, 5) is 28.1. The summed E-state index contributed by atoms with van der Waals surface area (Å²) in [7, 11) is 0. The third-order valence-corrected chi connectivity index (χ3v) is 5.30. The van der Waals surface area contributed by atoms with Gasteiger partial charge in [-0.05, 0) is 38.8 Å². The highest BCUT2D eigenvalue weighted by Gasteiger charge is 2.28. The average Bonchev–Trinajstić information content (AvgIpc) is 3.41. The zero-order valence-electron chi connectivity index (χ0n) is 17.5. The molecule has 0 atom stereocenters. The Balaban J connectivity index is 1.41. The lowest BCUT2D eigenvalue weighted by atomic mass is 9.95. The minimum Gasteiger partial charge on any atom is -0.465 e. The Labute approximate surface area is 174 Å². The van der Waals surface area contributed by atoms with Gasteiger partial charge in [-0.15, -0.1) is 0 Å². The Morgan fingerprint density at radius 3 is 2.70 bits per heavy atom. The van der Waals surface area contributed by atoms with Crippen molar-refractivity contribution in [3.8, 4) is 11.5 Å². The first-order valence-electron chi connectivity index (χ1n) is 10.3. The second kappa shape index (κ2) is 8.64. The molecule has 1 amide bonds. The number of hydrogen-bond donors (Lipinski definition) is 1. The van der Waals surface area contributed by atoms with E-state index in [9.17, 15) is 4.79 Å². The molecule has 1 saturated heterocycles. The van der Waals surface area contributed by atoms with Gasteiger partial charge in [0.25, 0.3) is 5.89 Å². The van der Waals surface area contributed by atoms with Crippen LogP contribution in [0.4, 0.5) is 5.82 Å². The Kier molecular flexibility index (Phi) is 5.78. The van der Waals surface area contributed by atoms with Gasteiger partial charge in [0.15, 0.2) is 5.82 Å². The third-order valence-electron chi connectivity index (χ3n) is 5.30. The van der Waals surface area contributed by atoms with Crippen LogP contribution in [-0.4, -0.2) is 39.1 Å². The van der Waals surface area contributed by atoms with E-state index in [1.54, 1.807) is 6.20 Å². The minimum absolute atomic E-state index is 0.0289. The molecule has 0 saturated carbocycles. The molecule has 3 aromatic heterocycles. The zero-order valence-corrected chi connectivity index (χ0v) is 17.5. The highest BCUT2D eigenvalue weighted by Crippen LogP contribution is 2.30. The molecule has 4 rings (SSSR count). The Morgan fingerprint density at radius 2 is 2.03 bits per heavy atom. The van der Waals surface area contributed by atoms with Gasteiger partial charge in [0.1, 0.15) is 28.7 Å². The maximum Gasteiger partial charge on any atom is 0.263 e. The molecule has 4 heterocycles. The SMILES string of the molecule is CCc1noc(-c2cnc(C)nc2N2CCC(C(=O)NCc3ccc(C)o3)CC2)n1. The topological polar surface area (TPSA) is 110 Å². The van der Waals surface area contributed by atoms with Crippen LogP contribution in [0.15, 0.2) is 27.3 Å². The number of anilines is 1. The van der Waals surface area contributed by atoms with Crippen molar-refractivity contribution in [1.82, 2.24) is 25.4 Å². The summed E-state index contributed by atoms with van der Waals surface area (Å²) in [6, 6.07) is 3.78. The van der Waals surface area contributed by atoms with E-state index in [1.807, 2.05) is 32.9 Å². The predicted molar refractivity (Wildman–Crippen MR) is 110 cm³/mol. The summed E-state index contributed by atoms with van der Waals surface area (Å²) in [5.41, 5.74) is 0.726. The summed E-state index contributed by atoms with van der Waals surface area (Å²) < 4.78 is 10.9. The Morgan fingerprint density at radius 1 is 1.23 bits per heavy atom. The molecule has 0 radical (unpaired) electrons. The molecule has 1 aliphatic heterocycles. The molecule has 1 N–H and O–H groups in total. The van der Waals surface area contributed by atoms with Gasteiger partial charge in [0, 0.05) is 31.6 Å². The summed E-state index contributed by atoms with van der Waals surface area (Å²) in [5.74, 6) is 4.18. The van der Waals surface area contributed by atoms with Gasteiger partial charge < -0.3 is 19.2 Å². The molecule has 9 heteroatoms. The lowest BCUT2D eigenvalue weighted by molar-refractivity contribution is -0.125. The fourth-order valence-corrected chi connectivity index (χ4v) is 3.61. The summed E-state index contributed by atoms with van der Waals surface area (Å²) >= 11 is 0. The van der Waals surface area contributed by atoms with Crippen molar-refractivity contribution in [3.63, 3.8) is 0 Å². The number of carbonyl (C=O) groups is 1. The molecule has 0 spiro atoms. The number of carbonyl (C=O) groups excluding carboxylic acids is 1. The lowest BCUT2D eigenvalue weighted by Gasteiger charge is -2.32. The summed E-state index contributed by atoms with van der Waals surface area (Å²) in [6.45, 7) is 7.58. The van der Waals surface area contributed by atoms with Crippen LogP contribution in [0.5, 0.6) is 0 Å². The number of nitrogens with one attached hydrogen (secondary N) is 1. The highest BCUT2D eigenvalue weighted by atomic mass is 16.5. The fraction of sp³-hybridized carbons (Fsp3) is 0.476. The number of nitrogens with zero attached hydrogens (tertiary/aromatic N) is 5. The molecule has 0 bridgehead atoms. The minimum atomic E-state index is -0.0289. The number of aryl methyl sites for hydroxylation is 3. The number of aromatic nitrogens is 4. The molecule has 158 valence electrons. The summed E-state index contributed by atoms with van der Waals surface area (Å²) in [5, 5.41) is 6.96. The van der Waals surface area contributed by atoms with E-state index in [4.69, 9.17) is 8.94 Å². The number of rotatable bonds is 6. The third kappa shape index (κ3) is 4.34. The molecule has 3 aromatic rings.